The number of fused-ring (bicyclic) bond motifs is 1. The van der Waals surface area contributed by atoms with Crippen molar-refractivity contribution in [1.82, 2.24) is 0 Å². The molecule has 0 saturated heterocycles. The Morgan fingerprint density at radius 1 is 1.55 bits per heavy atom. The van der Waals surface area contributed by atoms with Crippen molar-refractivity contribution in [2.45, 2.75) is 25.9 Å². The van der Waals surface area contributed by atoms with Gasteiger partial charge < -0.3 is 4.74 Å². The molecule has 60 valence electrons. The molecule has 0 bridgehead atoms. The highest BCUT2D eigenvalue weighted by atomic mass is 16.5. The molecule has 3 nitrogen and oxygen atoms in total. The maximum absolute atomic E-state index is 11.2. The van der Waals surface area contributed by atoms with E-state index in [-0.39, 0.29) is 17.7 Å². The summed E-state index contributed by atoms with van der Waals surface area (Å²) in [6, 6.07) is 0. The van der Waals surface area contributed by atoms with Gasteiger partial charge in [0, 0.05) is 12.8 Å². The average Bonchev–Trinajstić information content (AvgIpc) is 2.58. The van der Waals surface area contributed by atoms with Crippen molar-refractivity contribution in [3.05, 3.63) is 0 Å². The summed E-state index contributed by atoms with van der Waals surface area (Å²) < 4.78 is 4.84. The summed E-state index contributed by atoms with van der Waals surface area (Å²) in [6.45, 7) is 1.34. The molecular weight excluding hydrogens is 144 g/mol. The largest absolute Gasteiger partial charge is 0.455 e. The summed E-state index contributed by atoms with van der Waals surface area (Å²) in [5.74, 6) is 0.570. The van der Waals surface area contributed by atoms with Crippen molar-refractivity contribution in [2.75, 3.05) is 0 Å². The molecule has 2 saturated carbocycles. The first-order valence-electron chi connectivity index (χ1n) is 3.89. The van der Waals surface area contributed by atoms with Crippen LogP contribution >= 0.6 is 0 Å². The van der Waals surface area contributed by atoms with Crippen LogP contribution in [0.15, 0.2) is 0 Å². The van der Waals surface area contributed by atoms with Gasteiger partial charge in [0.1, 0.15) is 0 Å². The Hall–Kier alpha value is -0.860. The molecule has 0 aromatic carbocycles. The van der Waals surface area contributed by atoms with Gasteiger partial charge in [0.05, 0.1) is 0 Å². The summed E-state index contributed by atoms with van der Waals surface area (Å²) in [5.41, 5.74) is 0. The molecule has 0 heterocycles. The maximum atomic E-state index is 11.2. The quantitative estimate of drug-likeness (QED) is 0.517. The van der Waals surface area contributed by atoms with Crippen LogP contribution in [0.25, 0.3) is 0 Å². The molecule has 0 aliphatic heterocycles. The van der Waals surface area contributed by atoms with Gasteiger partial charge in [-0.25, -0.2) is 0 Å². The highest BCUT2D eigenvalue weighted by molar-refractivity contribution is 5.92. The van der Waals surface area contributed by atoms with Gasteiger partial charge in [-0.15, -0.1) is 0 Å². The Labute approximate surface area is 64.7 Å². The number of rotatable bonds is 1. The van der Waals surface area contributed by atoms with Crippen LogP contribution in [-0.4, -0.2) is 17.9 Å². The fraction of sp³-hybridized carbons (Fsp3) is 0.750. The van der Waals surface area contributed by atoms with Crippen LogP contribution in [0.1, 0.15) is 19.8 Å². The lowest BCUT2D eigenvalue weighted by molar-refractivity contribution is -0.152. The minimum Gasteiger partial charge on any atom is -0.455 e. The predicted octanol–water partition coefficient (Wildman–Crippen LogP) is 0.527. The monoisotopic (exact) mass is 154 g/mol. The predicted molar refractivity (Wildman–Crippen MR) is 36.8 cm³/mol. The van der Waals surface area contributed by atoms with Crippen molar-refractivity contribution in [1.29, 1.82) is 0 Å². The van der Waals surface area contributed by atoms with Gasteiger partial charge in [0.15, 0.2) is 11.9 Å². The van der Waals surface area contributed by atoms with Crippen LogP contribution in [0, 0.1) is 11.8 Å². The van der Waals surface area contributed by atoms with Crippen molar-refractivity contribution in [3.8, 4) is 0 Å². The Balaban J connectivity index is 1.96. The van der Waals surface area contributed by atoms with E-state index in [4.69, 9.17) is 4.74 Å². The summed E-state index contributed by atoms with van der Waals surface area (Å²) in [5, 5.41) is 0. The fourth-order valence-electron chi connectivity index (χ4n) is 1.79. The van der Waals surface area contributed by atoms with Crippen molar-refractivity contribution in [2.24, 2.45) is 11.8 Å². The summed E-state index contributed by atoms with van der Waals surface area (Å²) in [4.78, 5) is 21.7. The summed E-state index contributed by atoms with van der Waals surface area (Å²) in [6.07, 6.45) is 1.39. The van der Waals surface area contributed by atoms with E-state index in [0.29, 0.717) is 5.92 Å². The number of hydrogen-bond donors (Lipinski definition) is 0. The summed E-state index contributed by atoms with van der Waals surface area (Å²) >= 11 is 0. The van der Waals surface area contributed by atoms with Gasteiger partial charge in [0.2, 0.25) is 0 Å². The van der Waals surface area contributed by atoms with Crippen LogP contribution < -0.4 is 0 Å². The Morgan fingerprint density at radius 3 is 2.73 bits per heavy atom. The van der Waals surface area contributed by atoms with Crippen LogP contribution in [-0.2, 0) is 14.3 Å². The van der Waals surface area contributed by atoms with Crippen LogP contribution in [0.4, 0.5) is 0 Å². The van der Waals surface area contributed by atoms with E-state index in [1.807, 2.05) is 0 Å². The molecule has 2 rings (SSSR count). The number of esters is 1. The van der Waals surface area contributed by atoms with E-state index in [2.05, 4.69) is 0 Å². The first kappa shape index (κ1) is 6.83. The number of hydrogen-bond acceptors (Lipinski definition) is 3. The van der Waals surface area contributed by atoms with E-state index in [0.717, 1.165) is 12.8 Å². The molecule has 2 aliphatic rings. The smallest absolute Gasteiger partial charge is 0.303 e. The molecule has 2 aliphatic carbocycles. The minimum absolute atomic E-state index is 0.144. The molecule has 0 aromatic rings. The van der Waals surface area contributed by atoms with Gasteiger partial charge in [-0.05, 0) is 18.8 Å². The van der Waals surface area contributed by atoms with Crippen molar-refractivity contribution >= 4 is 11.8 Å². The zero-order chi connectivity index (χ0) is 8.01. The first-order valence-corrected chi connectivity index (χ1v) is 3.89. The van der Waals surface area contributed by atoms with Gasteiger partial charge >= 0.3 is 5.97 Å². The van der Waals surface area contributed by atoms with E-state index in [1.165, 1.54) is 6.92 Å². The molecule has 11 heavy (non-hydrogen) atoms. The van der Waals surface area contributed by atoms with E-state index in [1.54, 1.807) is 0 Å². The number of Topliss-reactive ketones (excluding diaryl/α,β-unsaturated/α-hetero) is 1. The van der Waals surface area contributed by atoms with Crippen molar-refractivity contribution < 1.29 is 14.3 Å². The molecule has 0 N–H and O–H groups in total. The van der Waals surface area contributed by atoms with Gasteiger partial charge in [0.25, 0.3) is 0 Å². The Kier molecular flexibility index (Phi) is 1.28. The highest BCUT2D eigenvalue weighted by Crippen LogP contribution is 2.50. The van der Waals surface area contributed by atoms with Gasteiger partial charge in [-0.2, -0.15) is 0 Å². The molecule has 0 aromatic heterocycles. The maximum Gasteiger partial charge on any atom is 0.303 e. The van der Waals surface area contributed by atoms with Crippen molar-refractivity contribution in [3.63, 3.8) is 0 Å². The Bertz CT molecular complexity index is 221. The third kappa shape index (κ3) is 1.04. The Morgan fingerprint density at radius 2 is 2.27 bits per heavy atom. The molecule has 3 atom stereocenters. The normalized spacial score (nSPS) is 40.1. The zero-order valence-corrected chi connectivity index (χ0v) is 6.37. The third-order valence-corrected chi connectivity index (χ3v) is 2.43. The molecule has 0 radical (unpaired) electrons. The fourth-order valence-corrected chi connectivity index (χ4v) is 1.79. The second-order valence-corrected chi connectivity index (χ2v) is 3.34. The van der Waals surface area contributed by atoms with E-state index >= 15 is 0 Å². The number of carbonyl (C=O) groups is 2. The third-order valence-electron chi connectivity index (χ3n) is 2.43. The van der Waals surface area contributed by atoms with Gasteiger partial charge in [-0.1, -0.05) is 0 Å². The number of carbonyl (C=O) groups excluding carboxylic acids is 2. The molecule has 0 spiro atoms. The lowest BCUT2D eigenvalue weighted by atomic mass is 10.2. The lowest BCUT2D eigenvalue weighted by Crippen LogP contribution is -2.23. The second kappa shape index (κ2) is 2.06. The SMILES string of the molecule is CC(=O)O[C@H]1C[C@@H]2C[C@@H]2C1=O. The zero-order valence-electron chi connectivity index (χ0n) is 6.37. The lowest BCUT2D eigenvalue weighted by Gasteiger charge is -2.09. The molecule has 0 amide bonds. The van der Waals surface area contributed by atoms with Crippen LogP contribution in [0.3, 0.4) is 0 Å². The minimum atomic E-state index is -0.406. The van der Waals surface area contributed by atoms with Crippen LogP contribution in [0.2, 0.25) is 0 Å². The van der Waals surface area contributed by atoms with E-state index in [9.17, 15) is 9.59 Å². The average molecular weight is 154 g/mol. The first-order chi connectivity index (χ1) is 5.18. The highest BCUT2D eigenvalue weighted by Gasteiger charge is 2.54. The van der Waals surface area contributed by atoms with Gasteiger partial charge in [-0.3, -0.25) is 9.59 Å². The standard InChI is InChI=1S/C8H10O3/c1-4(9)11-7-3-5-2-6(5)8(7)10/h5-7H,2-3H2,1H3/t5-,6-,7-/m0/s1. The van der Waals surface area contributed by atoms with Crippen LogP contribution in [0.5, 0.6) is 0 Å². The number of ketones is 1. The van der Waals surface area contributed by atoms with E-state index < -0.39 is 6.10 Å². The molecule has 0 unspecified atom stereocenters. The molecular formula is C8H10O3. The molecule has 3 heteroatoms. The molecule has 2 fully saturated rings. The summed E-state index contributed by atoms with van der Waals surface area (Å²) in [7, 11) is 0. The topological polar surface area (TPSA) is 43.4 Å². The number of ether oxygens (including phenoxy) is 1. The second-order valence-electron chi connectivity index (χ2n) is 3.34.